The molecule has 0 heterocycles. The van der Waals surface area contributed by atoms with Crippen LogP contribution >= 0.6 is 0 Å². The van der Waals surface area contributed by atoms with E-state index in [0.717, 1.165) is 22.3 Å². The first-order valence-electron chi connectivity index (χ1n) is 11.2. The number of nitrogens with one attached hydrogen (secondary N) is 2. The second-order valence-electron chi connectivity index (χ2n) is 8.08. The number of carboxylic acid groups (broad SMARTS) is 1. The van der Waals surface area contributed by atoms with Crippen LogP contribution in [0.2, 0.25) is 0 Å². The van der Waals surface area contributed by atoms with E-state index < -0.39 is 29.9 Å². The van der Waals surface area contributed by atoms with E-state index in [1.165, 1.54) is 0 Å². The van der Waals surface area contributed by atoms with Crippen molar-refractivity contribution in [2.24, 2.45) is 5.92 Å². The fraction of sp³-hybridized carbons (Fsp3) is 0.346. The summed E-state index contributed by atoms with van der Waals surface area (Å²) in [6, 6.07) is 15.3. The van der Waals surface area contributed by atoms with Crippen LogP contribution in [0.4, 0.5) is 4.79 Å². The number of amides is 2. The number of hydrogen-bond donors (Lipinski definition) is 3. The van der Waals surface area contributed by atoms with E-state index in [1.807, 2.05) is 36.4 Å². The van der Waals surface area contributed by atoms with Crippen LogP contribution in [0.3, 0.4) is 0 Å². The third kappa shape index (κ3) is 5.80. The van der Waals surface area contributed by atoms with Crippen LogP contribution in [0.25, 0.3) is 11.1 Å². The van der Waals surface area contributed by atoms with Gasteiger partial charge in [-0.25, -0.2) is 4.79 Å². The highest BCUT2D eigenvalue weighted by Gasteiger charge is 2.30. The molecular formula is C26H30N2O5. The van der Waals surface area contributed by atoms with Crippen molar-refractivity contribution in [2.45, 2.75) is 38.1 Å². The molecule has 3 N–H and O–H groups in total. The van der Waals surface area contributed by atoms with Crippen LogP contribution in [-0.4, -0.2) is 42.3 Å². The predicted octanol–water partition coefficient (Wildman–Crippen LogP) is 4.09. The average molecular weight is 451 g/mol. The fourth-order valence-corrected chi connectivity index (χ4v) is 4.09. The summed E-state index contributed by atoms with van der Waals surface area (Å²) >= 11 is 0. The Bertz CT molecular complexity index is 974. The van der Waals surface area contributed by atoms with Gasteiger partial charge in [0.05, 0.1) is 5.92 Å². The molecule has 0 bridgehead atoms. The summed E-state index contributed by atoms with van der Waals surface area (Å²) in [5, 5.41) is 14.4. The first-order valence-corrected chi connectivity index (χ1v) is 11.2. The van der Waals surface area contributed by atoms with E-state index in [2.05, 4.69) is 29.3 Å². The molecular weight excluding hydrogens is 420 g/mol. The molecule has 0 spiro atoms. The highest BCUT2D eigenvalue weighted by atomic mass is 16.5. The van der Waals surface area contributed by atoms with Gasteiger partial charge < -0.3 is 20.5 Å². The van der Waals surface area contributed by atoms with Gasteiger partial charge in [0, 0.05) is 12.5 Å². The zero-order valence-electron chi connectivity index (χ0n) is 18.8. The van der Waals surface area contributed by atoms with Crippen LogP contribution in [0, 0.1) is 5.92 Å². The Labute approximate surface area is 193 Å². The van der Waals surface area contributed by atoms with Gasteiger partial charge in [0.25, 0.3) is 0 Å². The minimum absolute atomic E-state index is 0.00161. The number of carboxylic acids is 1. The molecule has 33 heavy (non-hydrogen) atoms. The second-order valence-corrected chi connectivity index (χ2v) is 8.08. The molecule has 0 aliphatic heterocycles. The number of alkyl carbamates (subject to hydrolysis) is 1. The lowest BCUT2D eigenvalue weighted by atomic mass is 9.98. The molecule has 2 atom stereocenters. The normalized spacial score (nSPS) is 13.8. The van der Waals surface area contributed by atoms with Crippen LogP contribution < -0.4 is 10.6 Å². The largest absolute Gasteiger partial charge is 0.481 e. The molecule has 7 nitrogen and oxygen atoms in total. The van der Waals surface area contributed by atoms with E-state index in [9.17, 15) is 19.5 Å². The predicted molar refractivity (Wildman–Crippen MR) is 126 cm³/mol. The van der Waals surface area contributed by atoms with Crippen molar-refractivity contribution in [3.8, 4) is 11.1 Å². The van der Waals surface area contributed by atoms with Gasteiger partial charge >= 0.3 is 12.1 Å². The molecule has 2 aromatic carbocycles. The number of rotatable bonds is 11. The number of ether oxygens (including phenoxy) is 1. The van der Waals surface area contributed by atoms with Crippen molar-refractivity contribution in [3.63, 3.8) is 0 Å². The smallest absolute Gasteiger partial charge is 0.407 e. The van der Waals surface area contributed by atoms with Gasteiger partial charge in [0.15, 0.2) is 0 Å². The fourth-order valence-electron chi connectivity index (χ4n) is 4.09. The number of carbonyl (C=O) groups excluding carboxylic acids is 2. The van der Waals surface area contributed by atoms with Gasteiger partial charge in [-0.05, 0) is 41.5 Å². The third-order valence-corrected chi connectivity index (χ3v) is 5.98. The Morgan fingerprint density at radius 3 is 2.24 bits per heavy atom. The summed E-state index contributed by atoms with van der Waals surface area (Å²) in [7, 11) is 0. The second kappa shape index (κ2) is 11.3. The maximum atomic E-state index is 12.6. The average Bonchev–Trinajstić information content (AvgIpc) is 3.14. The molecule has 2 aromatic rings. The zero-order valence-corrected chi connectivity index (χ0v) is 18.8. The quantitative estimate of drug-likeness (QED) is 0.447. The molecule has 0 aromatic heterocycles. The summed E-state index contributed by atoms with van der Waals surface area (Å²) in [6.07, 6.45) is 2.21. The van der Waals surface area contributed by atoms with E-state index in [0.29, 0.717) is 19.3 Å². The minimum Gasteiger partial charge on any atom is -0.481 e. The molecule has 1 aliphatic carbocycles. The molecule has 174 valence electrons. The van der Waals surface area contributed by atoms with Crippen molar-refractivity contribution < 1.29 is 24.2 Å². The third-order valence-electron chi connectivity index (χ3n) is 5.98. The SMILES string of the molecule is C=CCCC(NC(=O)OCC1c2ccccc2-c2ccccc21)C(=O)NCC(CC)C(=O)O. The van der Waals surface area contributed by atoms with Gasteiger partial charge in [-0.2, -0.15) is 0 Å². The Balaban J connectivity index is 1.62. The van der Waals surface area contributed by atoms with Crippen LogP contribution in [0.15, 0.2) is 61.2 Å². The van der Waals surface area contributed by atoms with Gasteiger partial charge in [0.2, 0.25) is 5.91 Å². The molecule has 0 saturated carbocycles. The van der Waals surface area contributed by atoms with Crippen LogP contribution in [0.5, 0.6) is 0 Å². The van der Waals surface area contributed by atoms with E-state index >= 15 is 0 Å². The molecule has 0 saturated heterocycles. The molecule has 2 unspecified atom stereocenters. The molecule has 3 rings (SSSR count). The standard InChI is InChI=1S/C26H30N2O5/c1-3-5-14-23(24(29)27-15-17(4-2)25(30)31)28-26(32)33-16-22-20-12-8-6-10-18(20)19-11-7-9-13-21(19)22/h3,6-13,17,22-23H,1,4-5,14-16H2,2H3,(H,27,29)(H,28,32)(H,30,31). The Kier molecular flexibility index (Phi) is 8.24. The topological polar surface area (TPSA) is 105 Å². The summed E-state index contributed by atoms with van der Waals surface area (Å²) < 4.78 is 5.54. The maximum Gasteiger partial charge on any atom is 0.407 e. The summed E-state index contributed by atoms with van der Waals surface area (Å²) in [4.78, 5) is 36.4. The molecule has 0 fully saturated rings. The first kappa shape index (κ1) is 24.0. The maximum absolute atomic E-state index is 12.6. The number of carbonyl (C=O) groups is 3. The first-order chi connectivity index (χ1) is 16.0. The van der Waals surface area contributed by atoms with Gasteiger partial charge in [-0.1, -0.05) is 61.5 Å². The Morgan fingerprint density at radius 2 is 1.70 bits per heavy atom. The monoisotopic (exact) mass is 450 g/mol. The summed E-state index contributed by atoms with van der Waals surface area (Å²) in [6.45, 7) is 5.55. The van der Waals surface area contributed by atoms with E-state index in [4.69, 9.17) is 4.74 Å². The Morgan fingerprint density at radius 1 is 1.09 bits per heavy atom. The van der Waals surface area contributed by atoms with Crippen molar-refractivity contribution >= 4 is 18.0 Å². The van der Waals surface area contributed by atoms with Crippen molar-refractivity contribution in [1.82, 2.24) is 10.6 Å². The number of allylic oxidation sites excluding steroid dienone is 1. The highest BCUT2D eigenvalue weighted by Crippen LogP contribution is 2.44. The Hall–Kier alpha value is -3.61. The summed E-state index contributed by atoms with van der Waals surface area (Å²) in [5.74, 6) is -2.16. The lowest BCUT2D eigenvalue weighted by Crippen LogP contribution is -2.48. The summed E-state index contributed by atoms with van der Waals surface area (Å²) in [5.41, 5.74) is 4.47. The van der Waals surface area contributed by atoms with Crippen molar-refractivity contribution in [1.29, 1.82) is 0 Å². The molecule has 1 aliphatic rings. The van der Waals surface area contributed by atoms with Gasteiger partial charge in [-0.3, -0.25) is 9.59 Å². The number of hydrogen-bond acceptors (Lipinski definition) is 4. The minimum atomic E-state index is -0.968. The van der Waals surface area contributed by atoms with Crippen LogP contribution in [0.1, 0.15) is 43.2 Å². The lowest BCUT2D eigenvalue weighted by Gasteiger charge is -2.20. The highest BCUT2D eigenvalue weighted by molar-refractivity contribution is 5.86. The number of aliphatic carboxylic acids is 1. The molecule has 7 heteroatoms. The number of benzene rings is 2. The zero-order chi connectivity index (χ0) is 23.8. The number of fused-ring (bicyclic) bond motifs is 3. The van der Waals surface area contributed by atoms with Crippen molar-refractivity contribution in [2.75, 3.05) is 13.2 Å². The van der Waals surface area contributed by atoms with E-state index in [1.54, 1.807) is 13.0 Å². The van der Waals surface area contributed by atoms with Gasteiger partial charge in [0.1, 0.15) is 12.6 Å². The molecule has 2 amide bonds. The van der Waals surface area contributed by atoms with Crippen molar-refractivity contribution in [3.05, 3.63) is 72.3 Å². The molecule has 0 radical (unpaired) electrons. The van der Waals surface area contributed by atoms with E-state index in [-0.39, 0.29) is 19.1 Å². The van der Waals surface area contributed by atoms with Gasteiger partial charge in [-0.15, -0.1) is 6.58 Å². The van der Waals surface area contributed by atoms with Crippen LogP contribution in [-0.2, 0) is 14.3 Å². The lowest BCUT2D eigenvalue weighted by molar-refractivity contribution is -0.141.